The Morgan fingerprint density at radius 2 is 2.38 bits per heavy atom. The highest BCUT2D eigenvalue weighted by molar-refractivity contribution is 4.94. The summed E-state index contributed by atoms with van der Waals surface area (Å²) in [6.07, 6.45) is 3.35. The summed E-state index contributed by atoms with van der Waals surface area (Å²) >= 11 is 0. The van der Waals surface area contributed by atoms with Crippen molar-refractivity contribution in [1.29, 1.82) is 5.26 Å². The lowest BCUT2D eigenvalue weighted by Crippen LogP contribution is -2.41. The molecule has 0 aromatic carbocycles. The molecule has 1 aliphatic heterocycles. The maximum Gasteiger partial charge on any atom is 0.0978 e. The van der Waals surface area contributed by atoms with Crippen LogP contribution < -0.4 is 0 Å². The van der Waals surface area contributed by atoms with E-state index in [-0.39, 0.29) is 18.6 Å². The van der Waals surface area contributed by atoms with Crippen LogP contribution in [0.4, 0.5) is 0 Å². The molecule has 1 heterocycles. The Morgan fingerprint density at radius 3 is 3.00 bits per heavy atom. The van der Waals surface area contributed by atoms with E-state index >= 15 is 0 Å². The smallest absolute Gasteiger partial charge is 0.0978 e. The summed E-state index contributed by atoms with van der Waals surface area (Å²) in [5, 5.41) is 17.8. The largest absolute Gasteiger partial charge is 0.396 e. The third kappa shape index (κ3) is 2.98. The normalized spacial score (nSPS) is 26.7. The van der Waals surface area contributed by atoms with Crippen LogP contribution in [0.5, 0.6) is 0 Å². The minimum absolute atomic E-state index is 0.0859. The van der Waals surface area contributed by atoms with E-state index in [4.69, 9.17) is 10.4 Å². The van der Waals surface area contributed by atoms with Gasteiger partial charge in [-0.1, -0.05) is 6.92 Å². The average Bonchev–Trinajstić information content (AvgIpc) is 2.18. The first-order valence-corrected chi connectivity index (χ1v) is 5.02. The molecule has 1 N–H and O–H groups in total. The van der Waals surface area contributed by atoms with Crippen molar-refractivity contribution in [3.05, 3.63) is 0 Å². The minimum Gasteiger partial charge on any atom is -0.396 e. The molecule has 0 amide bonds. The molecular formula is C10H18N2O. The van der Waals surface area contributed by atoms with Crippen LogP contribution in [-0.4, -0.2) is 35.7 Å². The Balaban J connectivity index is 2.41. The van der Waals surface area contributed by atoms with Crippen LogP contribution in [0.25, 0.3) is 0 Å². The fourth-order valence-electron chi connectivity index (χ4n) is 1.81. The molecule has 0 bridgehead atoms. The number of rotatable bonds is 3. The average molecular weight is 182 g/mol. The van der Waals surface area contributed by atoms with Crippen molar-refractivity contribution in [2.75, 3.05) is 19.7 Å². The lowest BCUT2D eigenvalue weighted by atomic mass is 10.0. The second-order valence-corrected chi connectivity index (χ2v) is 3.92. The van der Waals surface area contributed by atoms with Gasteiger partial charge in [-0.05, 0) is 31.7 Å². The zero-order chi connectivity index (χ0) is 9.68. The molecule has 2 unspecified atom stereocenters. The Hall–Kier alpha value is -0.590. The summed E-state index contributed by atoms with van der Waals surface area (Å²) in [6.45, 7) is 4.11. The van der Waals surface area contributed by atoms with Crippen LogP contribution in [0, 0.1) is 17.2 Å². The molecule has 1 fully saturated rings. The third-order valence-corrected chi connectivity index (χ3v) is 2.62. The van der Waals surface area contributed by atoms with Crippen molar-refractivity contribution in [2.45, 2.75) is 32.2 Å². The van der Waals surface area contributed by atoms with Crippen molar-refractivity contribution >= 4 is 0 Å². The van der Waals surface area contributed by atoms with E-state index in [1.54, 1.807) is 0 Å². The molecule has 0 aromatic rings. The zero-order valence-corrected chi connectivity index (χ0v) is 8.24. The van der Waals surface area contributed by atoms with Gasteiger partial charge in [-0.25, -0.2) is 0 Å². The number of nitriles is 1. The SMILES string of the molecule is CC(CO)CN1CCCCC1C#N. The molecule has 2 atom stereocenters. The molecule has 3 heteroatoms. The van der Waals surface area contributed by atoms with E-state index in [0.717, 1.165) is 19.5 Å². The summed E-state index contributed by atoms with van der Waals surface area (Å²) in [5.74, 6) is 0.286. The van der Waals surface area contributed by atoms with Gasteiger partial charge in [0.2, 0.25) is 0 Å². The first-order valence-electron chi connectivity index (χ1n) is 5.02. The van der Waals surface area contributed by atoms with Crippen LogP contribution >= 0.6 is 0 Å². The minimum atomic E-state index is 0.0859. The number of nitrogens with zero attached hydrogens (tertiary/aromatic N) is 2. The second-order valence-electron chi connectivity index (χ2n) is 3.92. The molecule has 13 heavy (non-hydrogen) atoms. The van der Waals surface area contributed by atoms with Crippen molar-refractivity contribution in [3.8, 4) is 6.07 Å². The van der Waals surface area contributed by atoms with E-state index in [1.807, 2.05) is 6.92 Å². The van der Waals surface area contributed by atoms with Gasteiger partial charge in [0.25, 0.3) is 0 Å². The highest BCUT2D eigenvalue weighted by Crippen LogP contribution is 2.17. The first-order chi connectivity index (χ1) is 6.27. The van der Waals surface area contributed by atoms with E-state index in [0.29, 0.717) is 0 Å². The number of piperidine rings is 1. The van der Waals surface area contributed by atoms with E-state index < -0.39 is 0 Å². The number of aliphatic hydroxyl groups is 1. The molecule has 74 valence electrons. The topological polar surface area (TPSA) is 47.3 Å². The number of likely N-dealkylation sites (tertiary alicyclic amines) is 1. The Morgan fingerprint density at radius 1 is 1.62 bits per heavy atom. The Bertz CT molecular complexity index is 188. The van der Waals surface area contributed by atoms with Crippen LogP contribution in [0.2, 0.25) is 0 Å². The molecule has 0 saturated carbocycles. The number of aliphatic hydroxyl groups excluding tert-OH is 1. The molecule has 0 spiro atoms. The van der Waals surface area contributed by atoms with Crippen LogP contribution in [0.1, 0.15) is 26.2 Å². The van der Waals surface area contributed by atoms with Crippen LogP contribution in [0.15, 0.2) is 0 Å². The first kappa shape index (κ1) is 10.5. The quantitative estimate of drug-likeness (QED) is 0.708. The molecule has 0 aliphatic carbocycles. The highest BCUT2D eigenvalue weighted by atomic mass is 16.3. The standard InChI is InChI=1S/C10H18N2O/c1-9(8-13)7-12-5-3-2-4-10(12)6-11/h9-10,13H,2-5,7-8H2,1H3. The van der Waals surface area contributed by atoms with Crippen molar-refractivity contribution < 1.29 is 5.11 Å². The summed E-state index contributed by atoms with van der Waals surface area (Å²) < 4.78 is 0. The van der Waals surface area contributed by atoms with Gasteiger partial charge in [0.05, 0.1) is 12.1 Å². The van der Waals surface area contributed by atoms with Gasteiger partial charge in [0, 0.05) is 13.2 Å². The molecule has 1 aliphatic rings. The zero-order valence-electron chi connectivity index (χ0n) is 8.24. The maximum atomic E-state index is 8.91. The summed E-state index contributed by atoms with van der Waals surface area (Å²) in [7, 11) is 0. The summed E-state index contributed by atoms with van der Waals surface area (Å²) in [6, 6.07) is 2.41. The van der Waals surface area contributed by atoms with Gasteiger partial charge in [0.15, 0.2) is 0 Å². The van der Waals surface area contributed by atoms with Crippen LogP contribution in [-0.2, 0) is 0 Å². The Labute approximate surface area is 80.0 Å². The summed E-state index contributed by atoms with van der Waals surface area (Å²) in [4.78, 5) is 2.20. The van der Waals surface area contributed by atoms with Gasteiger partial charge in [-0.3, -0.25) is 4.90 Å². The van der Waals surface area contributed by atoms with Gasteiger partial charge < -0.3 is 5.11 Å². The van der Waals surface area contributed by atoms with Gasteiger partial charge >= 0.3 is 0 Å². The van der Waals surface area contributed by atoms with Crippen LogP contribution in [0.3, 0.4) is 0 Å². The molecule has 0 aromatic heterocycles. The Kier molecular flexibility index (Phi) is 4.20. The van der Waals surface area contributed by atoms with Crippen molar-refractivity contribution in [1.82, 2.24) is 4.90 Å². The van der Waals surface area contributed by atoms with E-state index in [2.05, 4.69) is 11.0 Å². The predicted molar refractivity (Wildman–Crippen MR) is 51.1 cm³/mol. The van der Waals surface area contributed by atoms with E-state index in [9.17, 15) is 0 Å². The second kappa shape index (κ2) is 5.21. The van der Waals surface area contributed by atoms with Gasteiger partial charge in [-0.15, -0.1) is 0 Å². The molecule has 3 nitrogen and oxygen atoms in total. The van der Waals surface area contributed by atoms with Crippen molar-refractivity contribution in [2.24, 2.45) is 5.92 Å². The lowest BCUT2D eigenvalue weighted by Gasteiger charge is -2.32. The molecule has 1 saturated heterocycles. The van der Waals surface area contributed by atoms with E-state index in [1.165, 1.54) is 12.8 Å². The molecular weight excluding hydrogens is 164 g/mol. The third-order valence-electron chi connectivity index (χ3n) is 2.62. The fourth-order valence-corrected chi connectivity index (χ4v) is 1.81. The lowest BCUT2D eigenvalue weighted by molar-refractivity contribution is 0.131. The number of hydrogen-bond donors (Lipinski definition) is 1. The monoisotopic (exact) mass is 182 g/mol. The van der Waals surface area contributed by atoms with Gasteiger partial charge in [-0.2, -0.15) is 5.26 Å². The summed E-state index contributed by atoms with van der Waals surface area (Å²) in [5.41, 5.74) is 0. The maximum absolute atomic E-state index is 8.91. The highest BCUT2D eigenvalue weighted by Gasteiger charge is 2.22. The fraction of sp³-hybridized carbons (Fsp3) is 0.900. The predicted octanol–water partition coefficient (Wildman–Crippen LogP) is 0.993. The van der Waals surface area contributed by atoms with Gasteiger partial charge in [0.1, 0.15) is 0 Å². The molecule has 1 rings (SSSR count). The van der Waals surface area contributed by atoms with Crippen molar-refractivity contribution in [3.63, 3.8) is 0 Å². The number of hydrogen-bond acceptors (Lipinski definition) is 3. The molecule has 0 radical (unpaired) electrons.